The fourth-order valence-electron chi connectivity index (χ4n) is 3.05. The summed E-state index contributed by atoms with van der Waals surface area (Å²) >= 11 is 0. The molecule has 1 aliphatic heterocycles. The predicted octanol–water partition coefficient (Wildman–Crippen LogP) is 1.81. The Morgan fingerprint density at radius 3 is 2.68 bits per heavy atom. The minimum absolute atomic E-state index is 0.107. The molecule has 3 rings (SSSR count). The third-order valence-electron chi connectivity index (χ3n) is 4.56. The second-order valence-corrected chi connectivity index (χ2v) is 6.40. The fourth-order valence-corrected chi connectivity index (χ4v) is 3.05. The molecule has 0 unspecified atom stereocenters. The first-order chi connectivity index (χ1) is 12.1. The minimum Gasteiger partial charge on any atom is -0.337 e. The summed E-state index contributed by atoms with van der Waals surface area (Å²) in [5.41, 5.74) is 0.183. The van der Waals surface area contributed by atoms with Gasteiger partial charge in [0.1, 0.15) is 11.4 Å². The largest absolute Gasteiger partial charge is 0.337 e. The highest BCUT2D eigenvalue weighted by molar-refractivity contribution is 5.93. The molecule has 0 spiro atoms. The molecule has 1 amide bonds. The van der Waals surface area contributed by atoms with Gasteiger partial charge < -0.3 is 14.4 Å². The maximum atomic E-state index is 13.8. The summed E-state index contributed by atoms with van der Waals surface area (Å²) in [5.74, 6) is -0.607. The van der Waals surface area contributed by atoms with Crippen LogP contribution < -0.4 is 5.56 Å². The lowest BCUT2D eigenvalue weighted by Gasteiger charge is -2.20. The van der Waals surface area contributed by atoms with Gasteiger partial charge in [-0.15, -0.1) is 0 Å². The standard InChI is InChI=1S/C19H22FN3O2/c1-21-9-5-11-22(13-12-21)18(24)16-7-4-10-23(19(16)25)14-15-6-2-3-8-17(15)20/h2-4,6-8,10H,5,9,11-14H2,1H3. The molecule has 1 aromatic carbocycles. The zero-order valence-corrected chi connectivity index (χ0v) is 14.3. The molecule has 0 bridgehead atoms. The molecular formula is C19H22FN3O2. The smallest absolute Gasteiger partial charge is 0.263 e. The van der Waals surface area contributed by atoms with E-state index in [1.165, 1.54) is 10.6 Å². The van der Waals surface area contributed by atoms with Gasteiger partial charge >= 0.3 is 0 Å². The number of nitrogens with zero attached hydrogens (tertiary/aromatic N) is 3. The van der Waals surface area contributed by atoms with Crippen LogP contribution in [0.1, 0.15) is 22.3 Å². The zero-order valence-electron chi connectivity index (χ0n) is 14.3. The Bertz CT molecular complexity index is 818. The number of hydrogen-bond donors (Lipinski definition) is 0. The van der Waals surface area contributed by atoms with Crippen LogP contribution in [0.15, 0.2) is 47.4 Å². The van der Waals surface area contributed by atoms with Crippen molar-refractivity contribution in [3.63, 3.8) is 0 Å². The highest BCUT2D eigenvalue weighted by Gasteiger charge is 2.21. The molecule has 25 heavy (non-hydrogen) atoms. The number of pyridine rings is 1. The molecular weight excluding hydrogens is 321 g/mol. The third kappa shape index (κ3) is 3.96. The second-order valence-electron chi connectivity index (χ2n) is 6.40. The van der Waals surface area contributed by atoms with Crippen LogP contribution in [0.4, 0.5) is 4.39 Å². The third-order valence-corrected chi connectivity index (χ3v) is 4.56. The fraction of sp³-hybridized carbons (Fsp3) is 0.368. The SMILES string of the molecule is CN1CCCN(C(=O)c2cccn(Cc3ccccc3F)c2=O)CC1. The lowest BCUT2D eigenvalue weighted by molar-refractivity contribution is 0.0760. The summed E-state index contributed by atoms with van der Waals surface area (Å²) in [6.07, 6.45) is 2.47. The number of aromatic nitrogens is 1. The van der Waals surface area contributed by atoms with Gasteiger partial charge in [0, 0.05) is 31.4 Å². The highest BCUT2D eigenvalue weighted by atomic mass is 19.1. The van der Waals surface area contributed by atoms with Crippen molar-refractivity contribution in [2.24, 2.45) is 0 Å². The molecule has 0 N–H and O–H groups in total. The average molecular weight is 343 g/mol. The number of benzene rings is 1. The van der Waals surface area contributed by atoms with Crippen LogP contribution in [0.5, 0.6) is 0 Å². The number of likely N-dealkylation sites (N-methyl/N-ethyl adjacent to an activating group) is 1. The zero-order chi connectivity index (χ0) is 17.8. The Kier molecular flexibility index (Phi) is 5.28. The van der Waals surface area contributed by atoms with Gasteiger partial charge in [-0.2, -0.15) is 0 Å². The quantitative estimate of drug-likeness (QED) is 0.854. The van der Waals surface area contributed by atoms with E-state index in [0.29, 0.717) is 18.7 Å². The Hall–Kier alpha value is -2.47. The maximum absolute atomic E-state index is 13.8. The number of halogens is 1. The van der Waals surface area contributed by atoms with Crippen LogP contribution in [0, 0.1) is 5.82 Å². The first-order valence-corrected chi connectivity index (χ1v) is 8.47. The molecule has 2 aromatic rings. The summed E-state index contributed by atoms with van der Waals surface area (Å²) in [5, 5.41) is 0. The van der Waals surface area contributed by atoms with Crippen molar-refractivity contribution < 1.29 is 9.18 Å². The van der Waals surface area contributed by atoms with E-state index in [0.717, 1.165) is 19.5 Å². The van der Waals surface area contributed by atoms with Gasteiger partial charge in [0.2, 0.25) is 0 Å². The number of carbonyl (C=O) groups excluding carboxylic acids is 1. The van der Waals surface area contributed by atoms with Gasteiger partial charge in [-0.25, -0.2) is 4.39 Å². The van der Waals surface area contributed by atoms with Crippen LogP contribution in [0.25, 0.3) is 0 Å². The number of carbonyl (C=O) groups is 1. The summed E-state index contributed by atoms with van der Waals surface area (Å²) in [4.78, 5) is 29.4. The second kappa shape index (κ2) is 7.61. The molecule has 0 radical (unpaired) electrons. The van der Waals surface area contributed by atoms with E-state index in [-0.39, 0.29) is 29.4 Å². The van der Waals surface area contributed by atoms with E-state index in [9.17, 15) is 14.0 Å². The van der Waals surface area contributed by atoms with Crippen molar-refractivity contribution in [2.75, 3.05) is 33.2 Å². The Morgan fingerprint density at radius 2 is 1.88 bits per heavy atom. The lowest BCUT2D eigenvalue weighted by Crippen LogP contribution is -2.38. The van der Waals surface area contributed by atoms with Crippen molar-refractivity contribution >= 4 is 5.91 Å². The maximum Gasteiger partial charge on any atom is 0.263 e. The van der Waals surface area contributed by atoms with E-state index in [1.807, 2.05) is 7.05 Å². The van der Waals surface area contributed by atoms with Crippen molar-refractivity contribution in [1.82, 2.24) is 14.4 Å². The monoisotopic (exact) mass is 343 g/mol. The molecule has 0 aliphatic carbocycles. The molecule has 132 valence electrons. The Labute approximate surface area is 146 Å². The van der Waals surface area contributed by atoms with Crippen LogP contribution in [0.3, 0.4) is 0 Å². The Balaban J connectivity index is 1.84. The number of rotatable bonds is 3. The first kappa shape index (κ1) is 17.4. The summed E-state index contributed by atoms with van der Waals surface area (Å²) in [7, 11) is 2.03. The van der Waals surface area contributed by atoms with E-state index in [2.05, 4.69) is 4.90 Å². The van der Waals surface area contributed by atoms with Gasteiger partial charge in [0.25, 0.3) is 11.5 Å². The van der Waals surface area contributed by atoms with Crippen molar-refractivity contribution in [3.8, 4) is 0 Å². The molecule has 1 aromatic heterocycles. The van der Waals surface area contributed by atoms with Gasteiger partial charge in [-0.3, -0.25) is 9.59 Å². The van der Waals surface area contributed by atoms with E-state index < -0.39 is 0 Å². The van der Waals surface area contributed by atoms with Crippen molar-refractivity contribution in [2.45, 2.75) is 13.0 Å². The van der Waals surface area contributed by atoms with Crippen LogP contribution in [0.2, 0.25) is 0 Å². The molecule has 2 heterocycles. The molecule has 1 fully saturated rings. The van der Waals surface area contributed by atoms with Crippen molar-refractivity contribution in [1.29, 1.82) is 0 Å². The van der Waals surface area contributed by atoms with Crippen molar-refractivity contribution in [3.05, 3.63) is 69.9 Å². The van der Waals surface area contributed by atoms with Crippen LogP contribution >= 0.6 is 0 Å². The molecule has 5 nitrogen and oxygen atoms in total. The van der Waals surface area contributed by atoms with Gasteiger partial charge in [-0.1, -0.05) is 18.2 Å². The van der Waals surface area contributed by atoms with Gasteiger partial charge in [-0.05, 0) is 38.2 Å². The van der Waals surface area contributed by atoms with Gasteiger partial charge in [0.15, 0.2) is 0 Å². The molecule has 1 saturated heterocycles. The summed E-state index contributed by atoms with van der Waals surface area (Å²) < 4.78 is 15.2. The van der Waals surface area contributed by atoms with E-state index in [1.54, 1.807) is 41.4 Å². The first-order valence-electron chi connectivity index (χ1n) is 8.47. The topological polar surface area (TPSA) is 45.5 Å². The molecule has 0 saturated carbocycles. The lowest BCUT2D eigenvalue weighted by atomic mass is 10.2. The molecule has 6 heteroatoms. The summed E-state index contributed by atoms with van der Waals surface area (Å²) in [6.45, 7) is 3.09. The highest BCUT2D eigenvalue weighted by Crippen LogP contribution is 2.09. The van der Waals surface area contributed by atoms with E-state index >= 15 is 0 Å². The predicted molar refractivity (Wildman–Crippen MR) is 94.2 cm³/mol. The van der Waals surface area contributed by atoms with Gasteiger partial charge in [0.05, 0.1) is 6.54 Å². The summed E-state index contributed by atoms with van der Waals surface area (Å²) in [6, 6.07) is 9.56. The average Bonchev–Trinajstić information content (AvgIpc) is 2.83. The number of hydrogen-bond acceptors (Lipinski definition) is 3. The number of amides is 1. The minimum atomic E-state index is -0.381. The Morgan fingerprint density at radius 1 is 1.08 bits per heavy atom. The van der Waals surface area contributed by atoms with E-state index in [4.69, 9.17) is 0 Å². The van der Waals surface area contributed by atoms with Crippen LogP contribution in [-0.2, 0) is 6.54 Å². The normalized spacial score (nSPS) is 15.8. The van der Waals surface area contributed by atoms with Crippen LogP contribution in [-0.4, -0.2) is 53.5 Å². The molecule has 1 aliphatic rings. The molecule has 0 atom stereocenters.